The Morgan fingerprint density at radius 1 is 1.65 bits per heavy atom. The van der Waals surface area contributed by atoms with E-state index in [9.17, 15) is 4.79 Å². The van der Waals surface area contributed by atoms with Crippen LogP contribution in [0, 0.1) is 6.92 Å². The van der Waals surface area contributed by atoms with Crippen molar-refractivity contribution in [3.05, 3.63) is 16.1 Å². The molecule has 0 radical (unpaired) electrons. The van der Waals surface area contributed by atoms with Crippen molar-refractivity contribution in [2.75, 3.05) is 6.54 Å². The van der Waals surface area contributed by atoms with Crippen LogP contribution < -0.4 is 0 Å². The van der Waals surface area contributed by atoms with Crippen LogP contribution in [0.1, 0.15) is 36.4 Å². The van der Waals surface area contributed by atoms with E-state index in [-0.39, 0.29) is 12.5 Å². The van der Waals surface area contributed by atoms with Crippen LogP contribution in [-0.2, 0) is 11.3 Å². The van der Waals surface area contributed by atoms with Crippen LogP contribution in [0.15, 0.2) is 5.38 Å². The molecule has 2 heterocycles. The van der Waals surface area contributed by atoms with Gasteiger partial charge in [-0.1, -0.05) is 6.42 Å². The molecular formula is C12H18N2O2S. The lowest BCUT2D eigenvalue weighted by molar-refractivity contribution is -0.138. The van der Waals surface area contributed by atoms with Crippen LogP contribution in [-0.4, -0.2) is 33.5 Å². The van der Waals surface area contributed by atoms with Gasteiger partial charge in [0.25, 0.3) is 0 Å². The number of carboxylic acid groups (broad SMARTS) is 1. The van der Waals surface area contributed by atoms with Gasteiger partial charge in [0.1, 0.15) is 0 Å². The van der Waals surface area contributed by atoms with Crippen molar-refractivity contribution in [2.45, 2.75) is 45.2 Å². The van der Waals surface area contributed by atoms with E-state index in [0.717, 1.165) is 36.6 Å². The van der Waals surface area contributed by atoms with Crippen LogP contribution >= 0.6 is 11.3 Å². The number of aromatic nitrogens is 1. The van der Waals surface area contributed by atoms with Gasteiger partial charge in [-0.3, -0.25) is 9.69 Å². The molecule has 1 aromatic rings. The highest BCUT2D eigenvalue weighted by Gasteiger charge is 2.24. The van der Waals surface area contributed by atoms with E-state index in [4.69, 9.17) is 5.11 Å². The lowest BCUT2D eigenvalue weighted by Crippen LogP contribution is -2.40. The smallest absolute Gasteiger partial charge is 0.304 e. The highest BCUT2D eigenvalue weighted by atomic mass is 32.1. The Labute approximate surface area is 105 Å². The summed E-state index contributed by atoms with van der Waals surface area (Å²) in [4.78, 5) is 17.5. The number of hydrogen-bond donors (Lipinski definition) is 1. The first-order valence-corrected chi connectivity index (χ1v) is 6.90. The molecule has 0 aliphatic carbocycles. The molecule has 0 saturated carbocycles. The molecule has 1 unspecified atom stereocenters. The van der Waals surface area contributed by atoms with Crippen LogP contribution in [0.4, 0.5) is 0 Å². The Kier molecular flexibility index (Phi) is 4.12. The van der Waals surface area contributed by atoms with Crippen LogP contribution in [0.25, 0.3) is 0 Å². The van der Waals surface area contributed by atoms with Crippen molar-refractivity contribution in [3.63, 3.8) is 0 Å². The zero-order chi connectivity index (χ0) is 12.3. The lowest BCUT2D eigenvalue weighted by atomic mass is 9.99. The monoisotopic (exact) mass is 254 g/mol. The SMILES string of the molecule is Cc1nc(CN2CCCCC2CC(=O)O)cs1. The fourth-order valence-corrected chi connectivity index (χ4v) is 2.99. The third kappa shape index (κ3) is 3.51. The molecule has 1 aromatic heterocycles. The highest BCUT2D eigenvalue weighted by Crippen LogP contribution is 2.22. The normalized spacial score (nSPS) is 21.6. The second-order valence-corrected chi connectivity index (χ2v) is 5.64. The van der Waals surface area contributed by atoms with Gasteiger partial charge in [0.2, 0.25) is 0 Å². The fraction of sp³-hybridized carbons (Fsp3) is 0.667. The molecule has 5 heteroatoms. The fourth-order valence-electron chi connectivity index (χ4n) is 2.39. The van der Waals surface area contributed by atoms with Crippen LogP contribution in [0.5, 0.6) is 0 Å². The van der Waals surface area contributed by atoms with Crippen LogP contribution in [0.2, 0.25) is 0 Å². The van der Waals surface area contributed by atoms with Gasteiger partial charge < -0.3 is 5.11 Å². The standard InChI is InChI=1S/C12H18N2O2S/c1-9-13-10(8-17-9)7-14-5-3-2-4-11(14)6-12(15)16/h8,11H,2-7H2,1H3,(H,15,16). The first-order valence-electron chi connectivity index (χ1n) is 6.02. The highest BCUT2D eigenvalue weighted by molar-refractivity contribution is 7.09. The van der Waals surface area contributed by atoms with Gasteiger partial charge in [0, 0.05) is 18.0 Å². The van der Waals surface area contributed by atoms with Crippen LogP contribution in [0.3, 0.4) is 0 Å². The maximum absolute atomic E-state index is 10.8. The number of nitrogens with zero attached hydrogens (tertiary/aromatic N) is 2. The Hall–Kier alpha value is -0.940. The average Bonchev–Trinajstić information content (AvgIpc) is 2.66. The van der Waals surface area contributed by atoms with E-state index >= 15 is 0 Å². The molecule has 0 bridgehead atoms. The summed E-state index contributed by atoms with van der Waals surface area (Å²) < 4.78 is 0. The van der Waals surface area contributed by atoms with Gasteiger partial charge in [-0.15, -0.1) is 11.3 Å². The number of aryl methyl sites for hydroxylation is 1. The number of carboxylic acids is 1. The molecule has 1 aliphatic heterocycles. The second kappa shape index (κ2) is 5.60. The molecule has 17 heavy (non-hydrogen) atoms. The number of aliphatic carboxylic acids is 1. The number of piperidine rings is 1. The number of hydrogen-bond acceptors (Lipinski definition) is 4. The average molecular weight is 254 g/mol. The van der Waals surface area contributed by atoms with E-state index in [1.54, 1.807) is 11.3 Å². The first-order chi connectivity index (χ1) is 8.15. The summed E-state index contributed by atoms with van der Waals surface area (Å²) >= 11 is 1.65. The van der Waals surface area contributed by atoms with Gasteiger partial charge in [0.05, 0.1) is 17.1 Å². The number of thiazole rings is 1. The maximum Gasteiger partial charge on any atom is 0.304 e. The van der Waals surface area contributed by atoms with Crippen molar-refractivity contribution >= 4 is 17.3 Å². The topological polar surface area (TPSA) is 53.4 Å². The maximum atomic E-state index is 10.8. The van der Waals surface area contributed by atoms with E-state index in [1.165, 1.54) is 6.42 Å². The van der Waals surface area contributed by atoms with Gasteiger partial charge >= 0.3 is 5.97 Å². The van der Waals surface area contributed by atoms with E-state index in [1.807, 2.05) is 6.92 Å². The number of likely N-dealkylation sites (tertiary alicyclic amines) is 1. The minimum atomic E-state index is -0.698. The summed E-state index contributed by atoms with van der Waals surface area (Å²) in [5, 5.41) is 12.1. The molecule has 1 fully saturated rings. The summed E-state index contributed by atoms with van der Waals surface area (Å²) in [5.74, 6) is -0.698. The summed E-state index contributed by atoms with van der Waals surface area (Å²) in [5.41, 5.74) is 1.07. The predicted molar refractivity (Wildman–Crippen MR) is 67.2 cm³/mol. The molecule has 0 amide bonds. The van der Waals surface area contributed by atoms with Gasteiger partial charge in [-0.05, 0) is 26.3 Å². The van der Waals surface area contributed by atoms with Gasteiger partial charge in [-0.25, -0.2) is 4.98 Å². The molecule has 1 N–H and O–H groups in total. The Balaban J connectivity index is 1.98. The third-order valence-electron chi connectivity index (χ3n) is 3.19. The molecule has 1 aliphatic rings. The van der Waals surface area contributed by atoms with Crippen molar-refractivity contribution in [3.8, 4) is 0 Å². The van der Waals surface area contributed by atoms with Crippen molar-refractivity contribution < 1.29 is 9.90 Å². The molecule has 2 rings (SSSR count). The van der Waals surface area contributed by atoms with E-state index in [0.29, 0.717) is 0 Å². The molecule has 94 valence electrons. The predicted octanol–water partition coefficient (Wildman–Crippen LogP) is 2.28. The minimum absolute atomic E-state index is 0.184. The number of carbonyl (C=O) groups is 1. The quantitative estimate of drug-likeness (QED) is 0.895. The summed E-state index contributed by atoms with van der Waals surface area (Å²) in [7, 11) is 0. The first kappa shape index (κ1) is 12.5. The summed E-state index contributed by atoms with van der Waals surface area (Å²) in [6.07, 6.45) is 3.56. The summed E-state index contributed by atoms with van der Waals surface area (Å²) in [6, 6.07) is 0.184. The van der Waals surface area contributed by atoms with E-state index in [2.05, 4.69) is 15.3 Å². The zero-order valence-electron chi connectivity index (χ0n) is 10.1. The minimum Gasteiger partial charge on any atom is -0.481 e. The molecule has 0 spiro atoms. The van der Waals surface area contributed by atoms with Crippen molar-refractivity contribution in [1.29, 1.82) is 0 Å². The molecular weight excluding hydrogens is 236 g/mol. The van der Waals surface area contributed by atoms with Gasteiger partial charge in [0.15, 0.2) is 0 Å². The Morgan fingerprint density at radius 3 is 3.12 bits per heavy atom. The number of rotatable bonds is 4. The Bertz CT molecular complexity index is 392. The van der Waals surface area contributed by atoms with E-state index < -0.39 is 5.97 Å². The largest absolute Gasteiger partial charge is 0.481 e. The zero-order valence-corrected chi connectivity index (χ0v) is 10.9. The summed E-state index contributed by atoms with van der Waals surface area (Å²) in [6.45, 7) is 3.79. The van der Waals surface area contributed by atoms with Crippen molar-refractivity contribution in [2.24, 2.45) is 0 Å². The second-order valence-electron chi connectivity index (χ2n) is 4.58. The van der Waals surface area contributed by atoms with Crippen molar-refractivity contribution in [1.82, 2.24) is 9.88 Å². The molecule has 4 nitrogen and oxygen atoms in total. The Morgan fingerprint density at radius 2 is 2.47 bits per heavy atom. The molecule has 1 saturated heterocycles. The third-order valence-corrected chi connectivity index (χ3v) is 4.01. The lowest BCUT2D eigenvalue weighted by Gasteiger charge is -2.34. The molecule has 1 atom stereocenters. The molecule has 0 aromatic carbocycles. The van der Waals surface area contributed by atoms with Gasteiger partial charge in [-0.2, -0.15) is 0 Å².